The van der Waals surface area contributed by atoms with Crippen LogP contribution in [0.15, 0.2) is 53.4 Å². The largest absolute Gasteiger partial charge is 0.270 e. The highest BCUT2D eigenvalue weighted by molar-refractivity contribution is 7.92. The summed E-state index contributed by atoms with van der Waals surface area (Å²) in [6, 6.07) is 10.7. The Balaban J connectivity index is 2.65. The van der Waals surface area contributed by atoms with E-state index < -0.39 is 32.6 Å². The minimum atomic E-state index is -4.33. The van der Waals surface area contributed by atoms with E-state index in [2.05, 4.69) is 0 Å². The van der Waals surface area contributed by atoms with Crippen molar-refractivity contribution in [2.75, 3.05) is 4.31 Å². The van der Waals surface area contributed by atoms with Gasteiger partial charge in [-0.15, -0.1) is 0 Å². The van der Waals surface area contributed by atoms with Gasteiger partial charge < -0.3 is 0 Å². The number of rotatable bonds is 4. The van der Waals surface area contributed by atoms with Crippen LogP contribution in [0.5, 0.6) is 0 Å². The Kier molecular flexibility index (Phi) is 4.27. The summed E-state index contributed by atoms with van der Waals surface area (Å²) in [5.41, 5.74) is 0.357. The Hall–Kier alpha value is -1.95. The smallest absolute Gasteiger partial charge is 0.264 e. The zero-order valence-corrected chi connectivity index (χ0v) is 12.4. The van der Waals surface area contributed by atoms with E-state index in [4.69, 9.17) is 0 Å². The normalized spacial score (nSPS) is 11.7. The molecule has 0 amide bonds. The Labute approximate surface area is 122 Å². The van der Waals surface area contributed by atoms with Gasteiger partial charge in [0.15, 0.2) is 4.90 Å². The molecule has 0 heterocycles. The van der Waals surface area contributed by atoms with Crippen molar-refractivity contribution in [3.63, 3.8) is 0 Å². The minimum absolute atomic E-state index is 0.357. The molecule has 21 heavy (non-hydrogen) atoms. The van der Waals surface area contributed by atoms with Crippen LogP contribution in [-0.2, 0) is 10.0 Å². The fraction of sp³-hybridized carbons (Fsp3) is 0.200. The van der Waals surface area contributed by atoms with Crippen LogP contribution in [-0.4, -0.2) is 14.5 Å². The molecule has 3 nitrogen and oxygen atoms in total. The molecular weight excluding hydrogens is 296 g/mol. The maximum absolute atomic E-state index is 13.8. The van der Waals surface area contributed by atoms with Gasteiger partial charge in [0.1, 0.15) is 11.6 Å². The van der Waals surface area contributed by atoms with E-state index in [0.717, 1.165) is 22.5 Å². The molecule has 0 bridgehead atoms. The van der Waals surface area contributed by atoms with Crippen LogP contribution < -0.4 is 4.31 Å². The Morgan fingerprint density at radius 3 is 1.90 bits per heavy atom. The molecule has 2 rings (SSSR count). The van der Waals surface area contributed by atoms with Crippen LogP contribution in [0.2, 0.25) is 0 Å². The lowest BCUT2D eigenvalue weighted by atomic mass is 10.3. The first-order chi connectivity index (χ1) is 9.85. The summed E-state index contributed by atoms with van der Waals surface area (Å²) >= 11 is 0. The quantitative estimate of drug-likeness (QED) is 0.865. The number of halogens is 2. The molecule has 0 aliphatic rings. The lowest BCUT2D eigenvalue weighted by Crippen LogP contribution is -2.37. The van der Waals surface area contributed by atoms with Crippen molar-refractivity contribution < 1.29 is 17.2 Å². The van der Waals surface area contributed by atoms with E-state index in [0.29, 0.717) is 5.69 Å². The topological polar surface area (TPSA) is 37.4 Å². The second-order valence-corrected chi connectivity index (χ2v) is 6.53. The monoisotopic (exact) mass is 311 g/mol. The minimum Gasteiger partial charge on any atom is -0.264 e. The molecule has 0 spiro atoms. The third kappa shape index (κ3) is 2.90. The van der Waals surface area contributed by atoms with E-state index in [1.54, 1.807) is 44.2 Å². The molecule has 0 aliphatic carbocycles. The fourth-order valence-corrected chi connectivity index (χ4v) is 3.90. The number of benzene rings is 2. The summed E-state index contributed by atoms with van der Waals surface area (Å²) in [5.74, 6) is -2.20. The molecule has 112 valence electrons. The van der Waals surface area contributed by atoms with E-state index in [-0.39, 0.29) is 0 Å². The third-order valence-corrected chi connectivity index (χ3v) is 4.97. The highest BCUT2D eigenvalue weighted by atomic mass is 32.2. The van der Waals surface area contributed by atoms with Crippen molar-refractivity contribution >= 4 is 15.7 Å². The molecule has 2 aromatic carbocycles. The number of nitrogens with zero attached hydrogens (tertiary/aromatic N) is 1. The average molecular weight is 311 g/mol. The van der Waals surface area contributed by atoms with Gasteiger partial charge in [-0.25, -0.2) is 17.2 Å². The van der Waals surface area contributed by atoms with Crippen molar-refractivity contribution in [3.8, 4) is 0 Å². The Bertz CT molecular complexity index is 710. The number of hydrogen-bond donors (Lipinski definition) is 0. The van der Waals surface area contributed by atoms with Gasteiger partial charge in [-0.2, -0.15) is 0 Å². The maximum Gasteiger partial charge on any atom is 0.270 e. The lowest BCUT2D eigenvalue weighted by Gasteiger charge is -2.28. The molecule has 0 aliphatic heterocycles. The van der Waals surface area contributed by atoms with Crippen molar-refractivity contribution in [1.82, 2.24) is 0 Å². The molecular formula is C15H15F2NO2S. The van der Waals surface area contributed by atoms with Gasteiger partial charge in [0, 0.05) is 6.04 Å². The third-order valence-electron chi connectivity index (χ3n) is 2.92. The van der Waals surface area contributed by atoms with Gasteiger partial charge in [0.25, 0.3) is 10.0 Å². The SMILES string of the molecule is CC(C)N(c1ccccc1)S(=O)(=O)c1c(F)cccc1F. The summed E-state index contributed by atoms with van der Waals surface area (Å²) in [7, 11) is -4.33. The first-order valence-electron chi connectivity index (χ1n) is 6.39. The number of para-hydroxylation sites is 1. The molecule has 0 saturated carbocycles. The van der Waals surface area contributed by atoms with Gasteiger partial charge in [-0.05, 0) is 38.1 Å². The van der Waals surface area contributed by atoms with Crippen molar-refractivity contribution in [2.24, 2.45) is 0 Å². The second kappa shape index (κ2) is 5.81. The number of hydrogen-bond acceptors (Lipinski definition) is 2. The summed E-state index contributed by atoms with van der Waals surface area (Å²) in [6.07, 6.45) is 0. The predicted molar refractivity (Wildman–Crippen MR) is 77.6 cm³/mol. The maximum atomic E-state index is 13.8. The van der Waals surface area contributed by atoms with Crippen LogP contribution in [0.25, 0.3) is 0 Å². The Morgan fingerprint density at radius 1 is 0.905 bits per heavy atom. The summed E-state index contributed by atoms with van der Waals surface area (Å²) < 4.78 is 54.0. The fourth-order valence-electron chi connectivity index (χ4n) is 2.12. The zero-order valence-electron chi connectivity index (χ0n) is 11.6. The molecule has 0 atom stereocenters. The molecule has 6 heteroatoms. The van der Waals surface area contributed by atoms with Gasteiger partial charge in [0.2, 0.25) is 0 Å². The number of sulfonamides is 1. The van der Waals surface area contributed by atoms with Crippen molar-refractivity contribution in [2.45, 2.75) is 24.8 Å². The van der Waals surface area contributed by atoms with Crippen LogP contribution >= 0.6 is 0 Å². The van der Waals surface area contributed by atoms with E-state index in [1.807, 2.05) is 0 Å². The first-order valence-corrected chi connectivity index (χ1v) is 7.83. The van der Waals surface area contributed by atoms with Crippen LogP contribution in [0.1, 0.15) is 13.8 Å². The van der Waals surface area contributed by atoms with E-state index in [1.165, 1.54) is 0 Å². The molecule has 0 saturated heterocycles. The molecule has 0 N–H and O–H groups in total. The molecule has 2 aromatic rings. The highest BCUT2D eigenvalue weighted by Crippen LogP contribution is 2.28. The van der Waals surface area contributed by atoms with Gasteiger partial charge in [-0.3, -0.25) is 4.31 Å². The van der Waals surface area contributed by atoms with Crippen LogP contribution in [0.4, 0.5) is 14.5 Å². The standard InChI is InChI=1S/C15H15F2NO2S/c1-11(2)18(12-7-4-3-5-8-12)21(19,20)15-13(16)9-6-10-14(15)17/h3-11H,1-2H3. The summed E-state index contributed by atoms with van der Waals surface area (Å²) in [6.45, 7) is 3.28. The van der Waals surface area contributed by atoms with Gasteiger partial charge in [0.05, 0.1) is 5.69 Å². The number of anilines is 1. The van der Waals surface area contributed by atoms with Crippen LogP contribution in [0.3, 0.4) is 0 Å². The zero-order chi connectivity index (χ0) is 15.6. The average Bonchev–Trinajstić information content (AvgIpc) is 2.38. The highest BCUT2D eigenvalue weighted by Gasteiger charge is 2.32. The summed E-state index contributed by atoms with van der Waals surface area (Å²) in [4.78, 5) is -0.928. The van der Waals surface area contributed by atoms with Crippen molar-refractivity contribution in [1.29, 1.82) is 0 Å². The predicted octanol–water partition coefficient (Wildman–Crippen LogP) is 3.57. The molecule has 0 radical (unpaired) electrons. The molecule has 0 fully saturated rings. The lowest BCUT2D eigenvalue weighted by molar-refractivity contribution is 0.515. The van der Waals surface area contributed by atoms with Crippen LogP contribution in [0, 0.1) is 11.6 Å². The van der Waals surface area contributed by atoms with E-state index >= 15 is 0 Å². The van der Waals surface area contributed by atoms with Gasteiger partial charge >= 0.3 is 0 Å². The summed E-state index contributed by atoms with van der Waals surface area (Å²) in [5, 5.41) is 0. The Morgan fingerprint density at radius 2 is 1.43 bits per heavy atom. The molecule has 0 unspecified atom stereocenters. The first kappa shape index (κ1) is 15.4. The van der Waals surface area contributed by atoms with Gasteiger partial charge in [-0.1, -0.05) is 24.3 Å². The van der Waals surface area contributed by atoms with Crippen molar-refractivity contribution in [3.05, 3.63) is 60.2 Å². The second-order valence-electron chi connectivity index (χ2n) is 4.78. The molecule has 0 aromatic heterocycles. The van der Waals surface area contributed by atoms with E-state index in [9.17, 15) is 17.2 Å².